The highest BCUT2D eigenvalue weighted by molar-refractivity contribution is 7.95. The van der Waals surface area contributed by atoms with Gasteiger partial charge in [-0.1, -0.05) is 54.6 Å². The molecule has 1 heterocycles. The Bertz CT molecular complexity index is 818. The predicted molar refractivity (Wildman–Crippen MR) is 99.7 cm³/mol. The fourth-order valence-electron chi connectivity index (χ4n) is 3.83. The van der Waals surface area contributed by atoms with E-state index in [1.165, 1.54) is 15.9 Å². The molecule has 0 saturated heterocycles. The lowest BCUT2D eigenvalue weighted by atomic mass is 9.87. The average Bonchev–Trinajstić information content (AvgIpc) is 2.61. The molecule has 1 aliphatic rings. The first-order valence-electron chi connectivity index (χ1n) is 7.91. The van der Waals surface area contributed by atoms with E-state index in [1.807, 2.05) is 19.1 Å². The topological polar surface area (TPSA) is 20.2 Å². The molecule has 23 heavy (non-hydrogen) atoms. The summed E-state index contributed by atoms with van der Waals surface area (Å²) in [6.45, 7) is 4.29. The van der Waals surface area contributed by atoms with Gasteiger partial charge in [0.15, 0.2) is 0 Å². The molecule has 1 aliphatic heterocycles. The number of aliphatic hydroxyl groups is 1. The van der Waals surface area contributed by atoms with Crippen molar-refractivity contribution in [3.05, 3.63) is 90.0 Å². The Kier molecular flexibility index (Phi) is 3.20. The number of benzene rings is 3. The van der Waals surface area contributed by atoms with Crippen molar-refractivity contribution >= 4 is 23.2 Å². The van der Waals surface area contributed by atoms with Gasteiger partial charge >= 0.3 is 0 Å². The highest BCUT2D eigenvalue weighted by atomic mass is 31.2. The van der Waals surface area contributed by atoms with Crippen molar-refractivity contribution in [1.82, 2.24) is 0 Å². The van der Waals surface area contributed by atoms with Gasteiger partial charge in [-0.15, -0.1) is 0 Å². The van der Waals surface area contributed by atoms with Crippen LogP contribution in [0.1, 0.15) is 18.1 Å². The van der Waals surface area contributed by atoms with E-state index in [2.05, 4.69) is 73.4 Å². The molecule has 2 heteroatoms. The monoisotopic (exact) mass is 319 g/mol. The molecule has 0 atom stereocenters. The Hall–Kier alpha value is -1.95. The molecule has 0 radical (unpaired) electrons. The lowest BCUT2D eigenvalue weighted by molar-refractivity contribution is 0.104. The molecule has 114 valence electrons. The maximum Gasteiger partial charge on any atom is 0.119 e. The highest BCUT2D eigenvalue weighted by Crippen LogP contribution is 2.58. The second kappa shape index (κ2) is 5.03. The fraction of sp³-hybridized carbons (Fsp3) is 0.143. The number of rotatable bonds is 1. The molecular formula is C21H20OP+. The first-order valence-corrected chi connectivity index (χ1v) is 10.1. The minimum atomic E-state index is -1.74. The maximum absolute atomic E-state index is 11.3. The van der Waals surface area contributed by atoms with Gasteiger partial charge in [0.1, 0.15) is 28.8 Å². The molecule has 0 amide bonds. The van der Waals surface area contributed by atoms with Crippen LogP contribution in [0.25, 0.3) is 0 Å². The fourth-order valence-corrected chi connectivity index (χ4v) is 7.73. The summed E-state index contributed by atoms with van der Waals surface area (Å²) in [5.41, 5.74) is 1.14. The van der Waals surface area contributed by atoms with Gasteiger partial charge < -0.3 is 5.11 Å². The Morgan fingerprint density at radius 1 is 0.696 bits per heavy atom. The smallest absolute Gasteiger partial charge is 0.119 e. The van der Waals surface area contributed by atoms with Crippen LogP contribution in [-0.2, 0) is 5.60 Å². The van der Waals surface area contributed by atoms with Crippen molar-refractivity contribution in [2.45, 2.75) is 12.5 Å². The van der Waals surface area contributed by atoms with Crippen molar-refractivity contribution < 1.29 is 5.11 Å². The third-order valence-corrected chi connectivity index (χ3v) is 9.13. The molecule has 4 rings (SSSR count). The van der Waals surface area contributed by atoms with Gasteiger partial charge in [0, 0.05) is 11.1 Å². The first kappa shape index (κ1) is 14.6. The summed E-state index contributed by atoms with van der Waals surface area (Å²) >= 11 is 0. The lowest BCUT2D eigenvalue weighted by Gasteiger charge is -2.38. The molecule has 3 aromatic carbocycles. The van der Waals surface area contributed by atoms with Gasteiger partial charge in [0.05, 0.1) is 6.66 Å². The van der Waals surface area contributed by atoms with Crippen LogP contribution in [0.3, 0.4) is 0 Å². The van der Waals surface area contributed by atoms with Crippen LogP contribution in [0.4, 0.5) is 0 Å². The van der Waals surface area contributed by atoms with E-state index < -0.39 is 12.9 Å². The van der Waals surface area contributed by atoms with Crippen molar-refractivity contribution in [3.63, 3.8) is 0 Å². The molecule has 0 bridgehead atoms. The van der Waals surface area contributed by atoms with E-state index >= 15 is 0 Å². The normalized spacial score (nSPS) is 25.5. The predicted octanol–water partition coefficient (Wildman–Crippen LogP) is 3.18. The molecule has 0 saturated carbocycles. The lowest BCUT2D eigenvalue weighted by Crippen LogP contribution is -2.46. The number of fused-ring (bicyclic) bond motifs is 2. The van der Waals surface area contributed by atoms with Gasteiger partial charge in [-0.3, -0.25) is 0 Å². The zero-order chi connectivity index (χ0) is 16.1. The Balaban J connectivity index is 2.13. The third-order valence-electron chi connectivity index (χ3n) is 5.09. The molecule has 3 aromatic rings. The van der Waals surface area contributed by atoms with Gasteiger partial charge in [0.25, 0.3) is 0 Å². The Morgan fingerprint density at radius 3 is 1.65 bits per heavy atom. The minimum absolute atomic E-state index is 0.943. The molecule has 0 spiro atoms. The maximum atomic E-state index is 11.3. The molecule has 0 unspecified atom stereocenters. The van der Waals surface area contributed by atoms with Crippen molar-refractivity contribution in [1.29, 1.82) is 0 Å². The van der Waals surface area contributed by atoms with E-state index in [0.717, 1.165) is 11.1 Å². The summed E-state index contributed by atoms with van der Waals surface area (Å²) in [4.78, 5) is 0. The molecule has 0 fully saturated rings. The quantitative estimate of drug-likeness (QED) is 0.683. The van der Waals surface area contributed by atoms with Gasteiger partial charge in [0.2, 0.25) is 0 Å². The van der Waals surface area contributed by atoms with Crippen LogP contribution in [0.5, 0.6) is 0 Å². The minimum Gasteiger partial charge on any atom is -0.380 e. The number of hydrogen-bond donors (Lipinski definition) is 1. The summed E-state index contributed by atoms with van der Waals surface area (Å²) in [5.74, 6) is 0. The summed E-state index contributed by atoms with van der Waals surface area (Å²) in [7, 11) is -1.74. The van der Waals surface area contributed by atoms with Crippen molar-refractivity contribution in [2.24, 2.45) is 0 Å². The average molecular weight is 319 g/mol. The van der Waals surface area contributed by atoms with Crippen molar-refractivity contribution in [3.8, 4) is 0 Å². The zero-order valence-electron chi connectivity index (χ0n) is 13.4. The summed E-state index contributed by atoms with van der Waals surface area (Å²) in [5, 5.41) is 15.2. The third kappa shape index (κ3) is 1.94. The summed E-state index contributed by atoms with van der Waals surface area (Å²) < 4.78 is 0. The van der Waals surface area contributed by atoms with Crippen LogP contribution in [0.15, 0.2) is 78.9 Å². The SMILES string of the molecule is CC1(O)c2ccccc2[P+](C)(c2ccccc2)c2ccccc21. The molecule has 0 aliphatic carbocycles. The molecule has 0 aromatic heterocycles. The van der Waals surface area contributed by atoms with Crippen LogP contribution in [0, 0.1) is 0 Å². The second-order valence-corrected chi connectivity index (χ2v) is 9.94. The summed E-state index contributed by atoms with van der Waals surface area (Å²) in [6.07, 6.45) is 0. The molecular weight excluding hydrogens is 299 g/mol. The van der Waals surface area contributed by atoms with Gasteiger partial charge in [-0.2, -0.15) is 0 Å². The standard InChI is InChI=1S/C21H20OP/c1-21(22)17-12-6-8-14-19(17)23(2,16-10-4-3-5-11-16)20-15-9-7-13-18(20)21/h3-15,22H,1-2H3/q+1. The van der Waals surface area contributed by atoms with E-state index in [-0.39, 0.29) is 0 Å². The largest absolute Gasteiger partial charge is 0.380 e. The van der Waals surface area contributed by atoms with Crippen molar-refractivity contribution in [2.75, 3.05) is 6.66 Å². The summed E-state index contributed by atoms with van der Waals surface area (Å²) in [6, 6.07) is 27.5. The molecule has 1 N–H and O–H groups in total. The molecule has 1 nitrogen and oxygen atoms in total. The van der Waals surface area contributed by atoms with Crippen LogP contribution in [-0.4, -0.2) is 11.8 Å². The van der Waals surface area contributed by atoms with E-state index in [4.69, 9.17) is 0 Å². The van der Waals surface area contributed by atoms with Crippen LogP contribution >= 0.6 is 7.26 Å². The zero-order valence-corrected chi connectivity index (χ0v) is 14.3. The Labute approximate surface area is 138 Å². The number of hydrogen-bond acceptors (Lipinski definition) is 1. The Morgan fingerprint density at radius 2 is 1.13 bits per heavy atom. The van der Waals surface area contributed by atoms with Crippen LogP contribution in [0.2, 0.25) is 0 Å². The van der Waals surface area contributed by atoms with Crippen LogP contribution < -0.4 is 15.9 Å². The van der Waals surface area contributed by atoms with E-state index in [0.29, 0.717) is 0 Å². The van der Waals surface area contributed by atoms with Gasteiger partial charge in [-0.25, -0.2) is 0 Å². The van der Waals surface area contributed by atoms with E-state index in [9.17, 15) is 5.11 Å². The highest BCUT2D eigenvalue weighted by Gasteiger charge is 2.52. The first-order chi connectivity index (χ1) is 11.1. The van der Waals surface area contributed by atoms with Gasteiger partial charge in [-0.05, 0) is 31.2 Å². The van der Waals surface area contributed by atoms with E-state index in [1.54, 1.807) is 0 Å². The second-order valence-electron chi connectivity index (χ2n) is 6.45.